The van der Waals surface area contributed by atoms with Crippen molar-refractivity contribution in [1.82, 2.24) is 0 Å². The van der Waals surface area contributed by atoms with Gasteiger partial charge in [0, 0.05) is 0 Å². The minimum Gasteiger partial charge on any atom is -0.0683 e. The van der Waals surface area contributed by atoms with Gasteiger partial charge in [0.1, 0.15) is 0 Å². The van der Waals surface area contributed by atoms with Crippen LogP contribution in [0.5, 0.6) is 0 Å². The molecule has 0 bridgehead atoms. The van der Waals surface area contributed by atoms with Crippen molar-refractivity contribution in [2.45, 2.75) is 102 Å². The zero-order valence-corrected chi connectivity index (χ0v) is 15.8. The van der Waals surface area contributed by atoms with Crippen LogP contribution in [0.3, 0.4) is 0 Å². The van der Waals surface area contributed by atoms with E-state index in [4.69, 9.17) is 0 Å². The third-order valence-corrected chi connectivity index (χ3v) is 1.92. The maximum atomic E-state index is 2.38. The highest BCUT2D eigenvalue weighted by Gasteiger charge is 2.20. The molecule has 0 unspecified atom stereocenters. The Bertz CT molecular complexity index is 97.2. The molecule has 116 valence electrons. The van der Waals surface area contributed by atoms with Crippen LogP contribution < -0.4 is 0 Å². The van der Waals surface area contributed by atoms with E-state index in [1.807, 2.05) is 27.7 Å². The predicted molar refractivity (Wildman–Crippen MR) is 91.4 cm³/mol. The van der Waals surface area contributed by atoms with Gasteiger partial charge in [0.25, 0.3) is 0 Å². The summed E-state index contributed by atoms with van der Waals surface area (Å²) in [5.74, 6) is 1.67. The Balaban J connectivity index is -0.000000118. The Hall–Kier alpha value is 0. The molecule has 0 saturated heterocycles. The van der Waals surface area contributed by atoms with E-state index in [2.05, 4.69) is 55.4 Å². The molecule has 0 saturated carbocycles. The highest BCUT2D eigenvalue weighted by atomic mass is 14.3. The molecular formula is C18H44. The van der Waals surface area contributed by atoms with Gasteiger partial charge in [-0.25, -0.2) is 0 Å². The molecule has 0 nitrogen and oxygen atoms in total. The molecular weight excluding hydrogens is 216 g/mol. The van der Waals surface area contributed by atoms with Gasteiger partial charge in [0.05, 0.1) is 0 Å². The lowest BCUT2D eigenvalue weighted by atomic mass is 9.78. The molecule has 0 aromatic rings. The molecule has 0 amide bonds. The van der Waals surface area contributed by atoms with E-state index in [0.717, 1.165) is 11.8 Å². The second-order valence-electron chi connectivity index (χ2n) is 6.07. The van der Waals surface area contributed by atoms with Gasteiger partial charge < -0.3 is 0 Å². The van der Waals surface area contributed by atoms with Crippen molar-refractivity contribution in [3.63, 3.8) is 0 Å². The monoisotopic (exact) mass is 260 g/mol. The summed E-state index contributed by atoms with van der Waals surface area (Å²) in [6.07, 6.45) is 3.95. The summed E-state index contributed by atoms with van der Waals surface area (Å²) in [6.45, 7) is 26.2. The maximum Gasteiger partial charge on any atom is -0.0349 e. The first kappa shape index (κ1) is 26.5. The quantitative estimate of drug-likeness (QED) is 0.489. The van der Waals surface area contributed by atoms with E-state index < -0.39 is 0 Å². The first-order chi connectivity index (χ1) is 8.25. The molecule has 18 heavy (non-hydrogen) atoms. The van der Waals surface area contributed by atoms with E-state index in [0.29, 0.717) is 5.41 Å². The van der Waals surface area contributed by atoms with E-state index in [-0.39, 0.29) is 0 Å². The lowest BCUT2D eigenvalue weighted by molar-refractivity contribution is 0.233. The van der Waals surface area contributed by atoms with Crippen LogP contribution in [-0.2, 0) is 0 Å². The normalized spacial score (nSPS) is 9.67. The van der Waals surface area contributed by atoms with Gasteiger partial charge in [-0.05, 0) is 30.1 Å². The fourth-order valence-electron chi connectivity index (χ4n) is 2.29. The summed E-state index contributed by atoms with van der Waals surface area (Å²) in [4.78, 5) is 0. The van der Waals surface area contributed by atoms with Gasteiger partial charge in [-0.1, -0.05) is 89.5 Å². The Morgan fingerprint density at radius 2 is 0.833 bits per heavy atom. The van der Waals surface area contributed by atoms with Gasteiger partial charge in [-0.15, -0.1) is 0 Å². The van der Waals surface area contributed by atoms with Crippen molar-refractivity contribution in [2.75, 3.05) is 0 Å². The van der Waals surface area contributed by atoms with Crippen LogP contribution in [0.25, 0.3) is 0 Å². The highest BCUT2D eigenvalue weighted by molar-refractivity contribution is 4.71. The largest absolute Gasteiger partial charge is 0.0683 e. The van der Waals surface area contributed by atoms with E-state index in [1.165, 1.54) is 19.3 Å². The van der Waals surface area contributed by atoms with Gasteiger partial charge in [-0.2, -0.15) is 0 Å². The molecule has 0 rings (SSSR count). The van der Waals surface area contributed by atoms with Crippen LogP contribution >= 0.6 is 0 Å². The Morgan fingerprint density at radius 3 is 0.944 bits per heavy atom. The average molecular weight is 261 g/mol. The molecule has 0 radical (unpaired) electrons. The first-order valence-electron chi connectivity index (χ1n) is 8.25. The Kier molecular flexibility index (Phi) is 28.5. The Morgan fingerprint density at radius 1 is 0.667 bits per heavy atom. The van der Waals surface area contributed by atoms with Gasteiger partial charge in [0.15, 0.2) is 0 Å². The zero-order chi connectivity index (χ0) is 15.8. The molecule has 0 atom stereocenters. The van der Waals surface area contributed by atoms with Crippen molar-refractivity contribution >= 4 is 0 Å². The third kappa shape index (κ3) is 36.0. The molecule has 0 aliphatic rings. The fourth-order valence-corrected chi connectivity index (χ4v) is 2.29. The number of rotatable bonds is 4. The number of hydrogen-bond acceptors (Lipinski definition) is 0. The van der Waals surface area contributed by atoms with E-state index in [1.54, 1.807) is 0 Å². The SMILES string of the molecule is CC.CC.CC(C)CC(C)(C)CC(C)C.CCC. The average Bonchev–Trinajstić information content (AvgIpc) is 2.20. The zero-order valence-electron chi connectivity index (χ0n) is 15.8. The van der Waals surface area contributed by atoms with Gasteiger partial charge in [0.2, 0.25) is 0 Å². The van der Waals surface area contributed by atoms with Crippen LogP contribution in [-0.4, -0.2) is 0 Å². The lowest BCUT2D eigenvalue weighted by Crippen LogP contribution is -2.16. The minimum absolute atomic E-state index is 0.544. The van der Waals surface area contributed by atoms with Gasteiger partial charge >= 0.3 is 0 Å². The molecule has 0 heteroatoms. The second-order valence-corrected chi connectivity index (χ2v) is 6.07. The van der Waals surface area contributed by atoms with Crippen molar-refractivity contribution in [3.05, 3.63) is 0 Å². The fraction of sp³-hybridized carbons (Fsp3) is 1.00. The van der Waals surface area contributed by atoms with Crippen LogP contribution in [0.1, 0.15) is 102 Å². The molecule has 0 aliphatic heterocycles. The summed E-state index contributed by atoms with van der Waals surface area (Å²) >= 11 is 0. The van der Waals surface area contributed by atoms with Gasteiger partial charge in [-0.3, -0.25) is 0 Å². The summed E-state index contributed by atoms with van der Waals surface area (Å²) in [5, 5.41) is 0. The van der Waals surface area contributed by atoms with Crippen LogP contribution in [0.4, 0.5) is 0 Å². The molecule has 0 aromatic carbocycles. The summed E-state index contributed by atoms with van der Waals surface area (Å²) in [6, 6.07) is 0. The maximum absolute atomic E-state index is 2.38. The molecule has 0 heterocycles. The smallest absolute Gasteiger partial charge is 0.0349 e. The summed E-state index contributed by atoms with van der Waals surface area (Å²) < 4.78 is 0. The second kappa shape index (κ2) is 19.3. The van der Waals surface area contributed by atoms with Crippen LogP contribution in [0.2, 0.25) is 0 Å². The molecule has 0 aliphatic carbocycles. The van der Waals surface area contributed by atoms with Crippen molar-refractivity contribution in [3.8, 4) is 0 Å². The van der Waals surface area contributed by atoms with E-state index >= 15 is 0 Å². The third-order valence-electron chi connectivity index (χ3n) is 1.92. The topological polar surface area (TPSA) is 0 Å². The van der Waals surface area contributed by atoms with E-state index in [9.17, 15) is 0 Å². The molecule has 0 spiro atoms. The standard InChI is InChI=1S/C11H24.C3H8.2C2H6/c1-9(2)7-11(5,6)8-10(3)4;1-3-2;2*1-2/h9-10H,7-8H2,1-6H3;3H2,1-2H3;2*1-2H3. The summed E-state index contributed by atoms with van der Waals surface area (Å²) in [7, 11) is 0. The summed E-state index contributed by atoms with van der Waals surface area (Å²) in [5.41, 5.74) is 0.544. The lowest BCUT2D eigenvalue weighted by Gasteiger charge is -2.28. The molecule has 0 N–H and O–H groups in total. The molecule has 0 fully saturated rings. The van der Waals surface area contributed by atoms with Crippen LogP contribution in [0.15, 0.2) is 0 Å². The predicted octanol–water partition coefficient (Wildman–Crippen LogP) is 7.57. The Labute approximate surface area is 120 Å². The minimum atomic E-state index is 0.544. The molecule has 0 aromatic heterocycles. The van der Waals surface area contributed by atoms with Crippen LogP contribution in [0, 0.1) is 17.3 Å². The highest BCUT2D eigenvalue weighted by Crippen LogP contribution is 2.31. The number of hydrogen-bond donors (Lipinski definition) is 0. The van der Waals surface area contributed by atoms with Crippen molar-refractivity contribution in [2.24, 2.45) is 17.3 Å². The van der Waals surface area contributed by atoms with Crippen molar-refractivity contribution < 1.29 is 0 Å². The first-order valence-corrected chi connectivity index (χ1v) is 8.25. The van der Waals surface area contributed by atoms with Crippen molar-refractivity contribution in [1.29, 1.82) is 0 Å².